The van der Waals surface area contributed by atoms with Gasteiger partial charge in [-0.05, 0) is 52.2 Å². The molecule has 206 valence electrons. The lowest BCUT2D eigenvalue weighted by Crippen LogP contribution is -2.36. The number of likely N-dealkylation sites (tertiary alicyclic amines) is 1. The van der Waals surface area contributed by atoms with Gasteiger partial charge in [-0.2, -0.15) is 5.10 Å². The minimum absolute atomic E-state index is 0.0340. The third-order valence-electron chi connectivity index (χ3n) is 8.56. The number of alkyl halides is 1. The Morgan fingerprint density at radius 2 is 2.08 bits per heavy atom. The summed E-state index contributed by atoms with van der Waals surface area (Å²) in [7, 11) is -3.73. The number of carbonyl (C=O) groups excluding carboxylic acids is 1. The smallest absolute Gasteiger partial charge is 0.241 e. The number of anilines is 1. The van der Waals surface area contributed by atoms with Crippen molar-refractivity contribution in [3.8, 4) is 0 Å². The Morgan fingerprint density at radius 1 is 1.32 bits per heavy atom. The Kier molecular flexibility index (Phi) is 6.33. The molecule has 0 bridgehead atoms. The Balaban J connectivity index is 1.46. The minimum Gasteiger partial charge on any atom is -0.359 e. The molecule has 9 nitrogen and oxygen atoms in total. The van der Waals surface area contributed by atoms with E-state index >= 15 is 0 Å². The molecular formula is C26H36ClN6O3S2+. The fourth-order valence-electron chi connectivity index (χ4n) is 6.07. The molecule has 2 aromatic rings. The van der Waals surface area contributed by atoms with Crippen molar-refractivity contribution < 1.29 is 17.8 Å². The summed E-state index contributed by atoms with van der Waals surface area (Å²) in [5.74, 6) is -0.127. The van der Waals surface area contributed by atoms with E-state index in [0.29, 0.717) is 18.5 Å². The highest BCUT2D eigenvalue weighted by Gasteiger charge is 2.62. The van der Waals surface area contributed by atoms with Crippen molar-refractivity contribution in [3.05, 3.63) is 18.3 Å². The van der Waals surface area contributed by atoms with Gasteiger partial charge < -0.3 is 9.80 Å². The Morgan fingerprint density at radius 3 is 2.76 bits per heavy atom. The first-order chi connectivity index (χ1) is 18.0. The normalized spacial score (nSPS) is 28.6. The molecular weight excluding hydrogens is 544 g/mol. The number of hydrogen-bond acceptors (Lipinski definition) is 6. The number of amides is 1. The molecule has 1 saturated carbocycles. The second kappa shape index (κ2) is 9.11. The average molecular weight is 580 g/mol. The van der Waals surface area contributed by atoms with E-state index in [4.69, 9.17) is 16.7 Å². The van der Waals surface area contributed by atoms with Crippen molar-refractivity contribution in [2.75, 3.05) is 43.5 Å². The number of carbonyl (C=O) groups is 1. The predicted octanol–water partition coefficient (Wildman–Crippen LogP) is 3.02. The molecule has 1 N–H and O–H groups in total. The number of halogens is 1. The van der Waals surface area contributed by atoms with Crippen molar-refractivity contribution in [1.82, 2.24) is 19.4 Å². The first-order valence-corrected chi connectivity index (χ1v) is 16.3. The Labute approximate surface area is 233 Å². The topological polar surface area (TPSA) is 90.6 Å². The summed E-state index contributed by atoms with van der Waals surface area (Å²) in [6, 6.07) is 3.56. The van der Waals surface area contributed by atoms with Gasteiger partial charge >= 0.3 is 0 Å². The molecule has 3 atom stereocenters. The zero-order chi connectivity index (χ0) is 27.0. The number of nitrogens with one attached hydrogen (secondary N) is 1. The summed E-state index contributed by atoms with van der Waals surface area (Å²) >= 11 is 7.78. The molecule has 38 heavy (non-hydrogen) atoms. The summed E-state index contributed by atoms with van der Waals surface area (Å²) in [6.45, 7) is 12.3. The van der Waals surface area contributed by atoms with E-state index in [1.54, 1.807) is 11.0 Å². The van der Waals surface area contributed by atoms with Crippen LogP contribution in [0, 0.1) is 0 Å². The number of aromatic nitrogens is 2. The van der Waals surface area contributed by atoms with Gasteiger partial charge in [0.25, 0.3) is 0 Å². The highest BCUT2D eigenvalue weighted by atomic mass is 35.5. The van der Waals surface area contributed by atoms with Gasteiger partial charge in [-0.3, -0.25) is 9.48 Å². The lowest BCUT2D eigenvalue weighted by molar-refractivity contribution is -0.532. The van der Waals surface area contributed by atoms with Crippen molar-refractivity contribution >= 4 is 61.6 Å². The van der Waals surface area contributed by atoms with Gasteiger partial charge in [0, 0.05) is 43.2 Å². The summed E-state index contributed by atoms with van der Waals surface area (Å²) in [6.07, 6.45) is 4.30. The molecule has 2 saturated heterocycles. The van der Waals surface area contributed by atoms with Crippen LogP contribution in [0.25, 0.3) is 10.9 Å². The average Bonchev–Trinajstić information content (AvgIpc) is 3.57. The van der Waals surface area contributed by atoms with Gasteiger partial charge in [0.1, 0.15) is 17.2 Å². The number of thioether (sulfide) groups is 1. The first kappa shape index (κ1) is 26.4. The second-order valence-electron chi connectivity index (χ2n) is 11.7. The lowest BCUT2D eigenvalue weighted by Gasteiger charge is -2.26. The van der Waals surface area contributed by atoms with Gasteiger partial charge in [-0.25, -0.2) is 17.7 Å². The van der Waals surface area contributed by atoms with Crippen LogP contribution in [0.1, 0.15) is 53.0 Å². The van der Waals surface area contributed by atoms with Crippen molar-refractivity contribution in [2.45, 2.75) is 73.6 Å². The van der Waals surface area contributed by atoms with Gasteiger partial charge in [0.05, 0.1) is 29.2 Å². The molecule has 3 aliphatic heterocycles. The van der Waals surface area contributed by atoms with Gasteiger partial charge in [-0.15, -0.1) is 11.6 Å². The van der Waals surface area contributed by atoms with E-state index in [1.165, 1.54) is 5.71 Å². The maximum Gasteiger partial charge on any atom is 0.241 e. The molecule has 12 heteroatoms. The maximum absolute atomic E-state index is 13.6. The number of benzene rings is 1. The molecule has 1 amide bonds. The molecule has 3 fully saturated rings. The highest BCUT2D eigenvalue weighted by molar-refractivity contribution is 8.08. The van der Waals surface area contributed by atoms with Crippen LogP contribution >= 0.6 is 23.4 Å². The minimum atomic E-state index is -3.73. The standard InChI is InChI=1S/C26H36ClN6O3S2/c1-5-32-17(2)14-31(16-26(4)24(32)37-26)21-10-19(38(35,36)29-25(3)7-8-25)11-22-20(21)13-28-33(22)18-6-9-30(15-18)23(34)12-27/h10-11,13,18,24,29H,5-9,12,14-16H2,1-4H3/q+1/t18?,24?,26-/m0/s1. The van der Waals surface area contributed by atoms with Crippen molar-refractivity contribution in [1.29, 1.82) is 0 Å². The number of sulfonamides is 1. The second-order valence-corrected chi connectivity index (χ2v) is 15.3. The third kappa shape index (κ3) is 4.53. The lowest BCUT2D eigenvalue weighted by atomic mass is 10.1. The van der Waals surface area contributed by atoms with Crippen LogP contribution < -0.4 is 9.62 Å². The molecule has 1 aliphatic carbocycles. The van der Waals surface area contributed by atoms with Crippen LogP contribution in [0.15, 0.2) is 23.2 Å². The molecule has 4 aliphatic rings. The maximum atomic E-state index is 13.6. The molecule has 0 radical (unpaired) electrons. The van der Waals surface area contributed by atoms with Gasteiger partial charge in [0.15, 0.2) is 5.71 Å². The third-order valence-corrected chi connectivity index (χ3v) is 12.0. The van der Waals surface area contributed by atoms with E-state index in [0.717, 1.165) is 55.5 Å². The Bertz CT molecular complexity index is 1450. The van der Waals surface area contributed by atoms with Crippen molar-refractivity contribution in [3.63, 3.8) is 0 Å². The van der Waals surface area contributed by atoms with Gasteiger partial charge in [0.2, 0.25) is 21.3 Å². The monoisotopic (exact) mass is 579 g/mol. The van der Waals surface area contributed by atoms with E-state index in [-0.39, 0.29) is 33.0 Å². The van der Waals surface area contributed by atoms with Crippen LogP contribution in [-0.2, 0) is 14.8 Å². The van der Waals surface area contributed by atoms with Crippen LogP contribution in [0.2, 0.25) is 0 Å². The fourth-order valence-corrected chi connectivity index (χ4v) is 9.08. The largest absolute Gasteiger partial charge is 0.359 e. The fraction of sp³-hybridized carbons (Fsp3) is 0.654. The zero-order valence-corrected chi connectivity index (χ0v) is 24.8. The summed E-state index contributed by atoms with van der Waals surface area (Å²) in [4.78, 5) is 16.6. The number of hydrogen-bond donors (Lipinski definition) is 1. The molecule has 1 aromatic carbocycles. The molecule has 4 heterocycles. The SMILES string of the molecule is CC[N+]1=C(C)CN(c2cc(S(=O)(=O)NC3(C)CC3)cc3c2cnn3C2CCN(C(=O)CCl)C2)C[C@]2(C)SC12. The zero-order valence-electron chi connectivity index (χ0n) is 22.4. The van der Waals surface area contributed by atoms with Crippen LogP contribution in [0.3, 0.4) is 0 Å². The number of fused-ring (bicyclic) bond motifs is 2. The number of rotatable bonds is 7. The molecule has 6 rings (SSSR count). The highest BCUT2D eigenvalue weighted by Crippen LogP contribution is 2.55. The quantitative estimate of drug-likeness (QED) is 0.308. The van der Waals surface area contributed by atoms with E-state index in [1.807, 2.05) is 35.6 Å². The van der Waals surface area contributed by atoms with Gasteiger partial charge in [-0.1, -0.05) is 11.8 Å². The van der Waals surface area contributed by atoms with E-state index < -0.39 is 10.0 Å². The summed E-state index contributed by atoms with van der Waals surface area (Å²) in [5, 5.41) is 6.15. The predicted molar refractivity (Wildman–Crippen MR) is 152 cm³/mol. The Hall–Kier alpha value is -1.82. The summed E-state index contributed by atoms with van der Waals surface area (Å²) in [5.41, 5.74) is 2.59. The summed E-state index contributed by atoms with van der Waals surface area (Å²) < 4.78 is 34.6. The van der Waals surface area contributed by atoms with Crippen LogP contribution in [-0.4, -0.2) is 93.6 Å². The molecule has 2 unspecified atom stereocenters. The van der Waals surface area contributed by atoms with Crippen molar-refractivity contribution in [2.24, 2.45) is 0 Å². The number of nitrogens with zero attached hydrogens (tertiary/aromatic N) is 5. The van der Waals surface area contributed by atoms with Crippen LogP contribution in [0.5, 0.6) is 0 Å². The first-order valence-electron chi connectivity index (χ1n) is 13.4. The van der Waals surface area contributed by atoms with E-state index in [9.17, 15) is 13.2 Å². The molecule has 0 spiro atoms. The molecule has 1 aromatic heterocycles. The van der Waals surface area contributed by atoms with Crippen LogP contribution in [0.4, 0.5) is 5.69 Å². The van der Waals surface area contributed by atoms with E-state index in [2.05, 4.69) is 35.0 Å².